The van der Waals surface area contributed by atoms with Crippen molar-refractivity contribution in [2.45, 2.75) is 26.3 Å². The first-order valence-electron chi connectivity index (χ1n) is 4.37. The molecule has 2 N–H and O–H groups in total. The molecule has 0 radical (unpaired) electrons. The van der Waals surface area contributed by atoms with E-state index in [1.165, 1.54) is 0 Å². The molecule has 0 aliphatic rings. The van der Waals surface area contributed by atoms with Crippen LogP contribution in [-0.4, -0.2) is 21.6 Å². The minimum atomic E-state index is -0.0866. The fraction of sp³-hybridized carbons (Fsp3) is 0.750. The van der Waals surface area contributed by atoms with E-state index in [9.17, 15) is 0 Å². The highest BCUT2D eigenvalue weighted by Crippen LogP contribution is 2.13. The normalized spacial score (nSPS) is 13.2. The molecule has 0 aliphatic heterocycles. The number of hydrogen-bond donors (Lipinski definition) is 1. The van der Waals surface area contributed by atoms with Gasteiger partial charge in [0.1, 0.15) is 0 Å². The molecule has 1 aromatic heterocycles. The lowest BCUT2D eigenvalue weighted by molar-refractivity contribution is 0.383. The highest BCUT2D eigenvalue weighted by Gasteiger charge is 2.11. The first-order valence-corrected chi connectivity index (χ1v) is 5.53. The molecule has 4 nitrogen and oxygen atoms in total. The van der Waals surface area contributed by atoms with Crippen molar-refractivity contribution in [2.75, 3.05) is 11.5 Å². The minimum absolute atomic E-state index is 0.0866. The van der Waals surface area contributed by atoms with Gasteiger partial charge < -0.3 is 10.3 Å². The predicted molar refractivity (Wildman–Crippen MR) is 53.6 cm³/mol. The standard InChI is InChI=1S/C8H15N3OS/c1-3-13-5-4-7(9)8-10-6(2)12-11-8/h7H,3-5,9H2,1-2H3. The third-order valence-electron chi connectivity index (χ3n) is 1.65. The third-order valence-corrected chi connectivity index (χ3v) is 2.58. The molecule has 1 unspecified atom stereocenters. The van der Waals surface area contributed by atoms with Crippen molar-refractivity contribution in [2.24, 2.45) is 5.73 Å². The predicted octanol–water partition coefficient (Wildman–Crippen LogP) is 1.52. The van der Waals surface area contributed by atoms with Crippen LogP contribution >= 0.6 is 11.8 Å². The summed E-state index contributed by atoms with van der Waals surface area (Å²) in [6, 6.07) is -0.0866. The van der Waals surface area contributed by atoms with Crippen LogP contribution in [0.15, 0.2) is 4.52 Å². The summed E-state index contributed by atoms with van der Waals surface area (Å²) in [7, 11) is 0. The van der Waals surface area contributed by atoms with Crippen LogP contribution in [0.4, 0.5) is 0 Å². The molecule has 0 aliphatic carbocycles. The Morgan fingerprint density at radius 2 is 2.38 bits per heavy atom. The molecule has 1 aromatic rings. The highest BCUT2D eigenvalue weighted by atomic mass is 32.2. The van der Waals surface area contributed by atoms with Crippen molar-refractivity contribution in [3.8, 4) is 0 Å². The van der Waals surface area contributed by atoms with Crippen LogP contribution in [0, 0.1) is 6.92 Å². The fourth-order valence-corrected chi connectivity index (χ4v) is 1.66. The van der Waals surface area contributed by atoms with Gasteiger partial charge in [-0.05, 0) is 17.9 Å². The Balaban J connectivity index is 2.35. The lowest BCUT2D eigenvalue weighted by atomic mass is 10.2. The molecule has 0 fully saturated rings. The number of nitrogens with zero attached hydrogens (tertiary/aromatic N) is 2. The number of hydrogen-bond acceptors (Lipinski definition) is 5. The molecule has 1 heterocycles. The van der Waals surface area contributed by atoms with Crippen molar-refractivity contribution in [1.82, 2.24) is 10.1 Å². The zero-order valence-electron chi connectivity index (χ0n) is 7.99. The lowest BCUT2D eigenvalue weighted by Crippen LogP contribution is -2.13. The average molecular weight is 201 g/mol. The summed E-state index contributed by atoms with van der Waals surface area (Å²) in [4.78, 5) is 4.08. The van der Waals surface area contributed by atoms with Gasteiger partial charge in [-0.25, -0.2) is 0 Å². The molecule has 0 saturated carbocycles. The molecule has 0 aromatic carbocycles. The average Bonchev–Trinajstić information content (AvgIpc) is 2.52. The molecule has 0 spiro atoms. The Hall–Kier alpha value is -0.550. The van der Waals surface area contributed by atoms with Gasteiger partial charge in [0.15, 0.2) is 5.82 Å². The summed E-state index contributed by atoms with van der Waals surface area (Å²) < 4.78 is 4.84. The van der Waals surface area contributed by atoms with Gasteiger partial charge in [-0.2, -0.15) is 16.7 Å². The van der Waals surface area contributed by atoms with E-state index in [2.05, 4.69) is 17.1 Å². The number of aryl methyl sites for hydroxylation is 1. The van der Waals surface area contributed by atoms with Gasteiger partial charge in [0.05, 0.1) is 6.04 Å². The SMILES string of the molecule is CCSCCC(N)c1noc(C)n1. The largest absolute Gasteiger partial charge is 0.340 e. The van der Waals surface area contributed by atoms with E-state index < -0.39 is 0 Å². The number of nitrogens with two attached hydrogens (primary N) is 1. The third kappa shape index (κ3) is 3.36. The van der Waals surface area contributed by atoms with Crippen molar-refractivity contribution in [3.63, 3.8) is 0 Å². The quantitative estimate of drug-likeness (QED) is 0.732. The van der Waals surface area contributed by atoms with Crippen LogP contribution < -0.4 is 5.73 Å². The van der Waals surface area contributed by atoms with E-state index in [1.807, 2.05) is 11.8 Å². The fourth-order valence-electron chi connectivity index (χ4n) is 0.949. The summed E-state index contributed by atoms with van der Waals surface area (Å²) in [5.74, 6) is 3.37. The molecule has 0 amide bonds. The van der Waals surface area contributed by atoms with E-state index in [4.69, 9.17) is 10.3 Å². The van der Waals surface area contributed by atoms with Gasteiger partial charge >= 0.3 is 0 Å². The van der Waals surface area contributed by atoms with Gasteiger partial charge in [0, 0.05) is 6.92 Å². The first-order chi connectivity index (χ1) is 6.24. The summed E-state index contributed by atoms with van der Waals surface area (Å²) in [6.45, 7) is 3.90. The van der Waals surface area contributed by atoms with Gasteiger partial charge in [-0.1, -0.05) is 12.1 Å². The number of thioether (sulfide) groups is 1. The maximum Gasteiger partial charge on any atom is 0.223 e. The molecule has 5 heteroatoms. The van der Waals surface area contributed by atoms with E-state index >= 15 is 0 Å². The van der Waals surface area contributed by atoms with Crippen LogP contribution in [0.1, 0.15) is 31.1 Å². The topological polar surface area (TPSA) is 64.9 Å². The van der Waals surface area contributed by atoms with Crippen molar-refractivity contribution in [3.05, 3.63) is 11.7 Å². The van der Waals surface area contributed by atoms with Crippen LogP contribution in [0.25, 0.3) is 0 Å². The molecule has 1 rings (SSSR count). The second kappa shape index (κ2) is 5.24. The van der Waals surface area contributed by atoms with E-state index in [-0.39, 0.29) is 6.04 Å². The first kappa shape index (κ1) is 10.5. The van der Waals surface area contributed by atoms with Crippen LogP contribution in [0.5, 0.6) is 0 Å². The van der Waals surface area contributed by atoms with Crippen LogP contribution in [0.2, 0.25) is 0 Å². The van der Waals surface area contributed by atoms with Crippen molar-refractivity contribution in [1.29, 1.82) is 0 Å². The lowest BCUT2D eigenvalue weighted by Gasteiger charge is -2.04. The zero-order valence-corrected chi connectivity index (χ0v) is 8.80. The Kier molecular flexibility index (Phi) is 4.24. The number of aromatic nitrogens is 2. The molecule has 0 saturated heterocycles. The van der Waals surface area contributed by atoms with E-state index in [1.54, 1.807) is 6.92 Å². The van der Waals surface area contributed by atoms with Crippen LogP contribution in [-0.2, 0) is 0 Å². The maximum atomic E-state index is 5.85. The zero-order chi connectivity index (χ0) is 9.68. The highest BCUT2D eigenvalue weighted by molar-refractivity contribution is 7.99. The number of rotatable bonds is 5. The summed E-state index contributed by atoms with van der Waals surface area (Å²) in [5, 5.41) is 3.77. The second-order valence-corrected chi connectivity index (χ2v) is 4.16. The Bertz CT molecular complexity index is 251. The Morgan fingerprint density at radius 1 is 1.62 bits per heavy atom. The molecular weight excluding hydrogens is 186 g/mol. The van der Waals surface area contributed by atoms with Crippen molar-refractivity contribution < 1.29 is 4.52 Å². The Morgan fingerprint density at radius 3 is 2.92 bits per heavy atom. The molecule has 13 heavy (non-hydrogen) atoms. The Labute approximate surface area is 82.3 Å². The molecule has 0 bridgehead atoms. The van der Waals surface area contributed by atoms with E-state index in [0.29, 0.717) is 11.7 Å². The smallest absolute Gasteiger partial charge is 0.223 e. The summed E-state index contributed by atoms with van der Waals surface area (Å²) in [5.41, 5.74) is 5.85. The summed E-state index contributed by atoms with van der Waals surface area (Å²) in [6.07, 6.45) is 0.900. The minimum Gasteiger partial charge on any atom is -0.340 e. The molecular formula is C8H15N3OS. The van der Waals surface area contributed by atoms with Gasteiger partial charge in [0.2, 0.25) is 5.89 Å². The van der Waals surface area contributed by atoms with Gasteiger partial charge in [-0.3, -0.25) is 0 Å². The van der Waals surface area contributed by atoms with Gasteiger partial charge in [-0.15, -0.1) is 0 Å². The molecule has 1 atom stereocenters. The second-order valence-electron chi connectivity index (χ2n) is 2.76. The van der Waals surface area contributed by atoms with E-state index in [0.717, 1.165) is 17.9 Å². The van der Waals surface area contributed by atoms with Crippen molar-refractivity contribution >= 4 is 11.8 Å². The molecule has 74 valence electrons. The summed E-state index contributed by atoms with van der Waals surface area (Å²) >= 11 is 1.87. The van der Waals surface area contributed by atoms with Crippen LogP contribution in [0.3, 0.4) is 0 Å². The monoisotopic (exact) mass is 201 g/mol. The maximum absolute atomic E-state index is 5.85. The van der Waals surface area contributed by atoms with Gasteiger partial charge in [0.25, 0.3) is 0 Å².